The topological polar surface area (TPSA) is 72.9 Å². The highest BCUT2D eigenvalue weighted by molar-refractivity contribution is 7.80. The average Bonchev–Trinajstić information content (AvgIpc) is 2.59. The van der Waals surface area contributed by atoms with Crippen LogP contribution >= 0.6 is 12.2 Å². The van der Waals surface area contributed by atoms with Crippen LogP contribution in [0, 0.1) is 6.92 Å². The SMILES string of the molecule is CCn1nc(C)cc1C(=O)NC(C)C(N)=S. The van der Waals surface area contributed by atoms with Gasteiger partial charge in [0.05, 0.1) is 16.7 Å². The highest BCUT2D eigenvalue weighted by Gasteiger charge is 2.16. The Morgan fingerprint density at radius 3 is 2.88 bits per heavy atom. The van der Waals surface area contributed by atoms with E-state index in [0.29, 0.717) is 12.2 Å². The zero-order valence-electron chi connectivity index (χ0n) is 9.65. The number of carbonyl (C=O) groups excluding carboxylic acids is 1. The van der Waals surface area contributed by atoms with Crippen LogP contribution in [0.4, 0.5) is 0 Å². The smallest absolute Gasteiger partial charge is 0.270 e. The number of thiocarbonyl (C=S) groups is 1. The van der Waals surface area contributed by atoms with Crippen LogP contribution in [0.15, 0.2) is 6.07 Å². The van der Waals surface area contributed by atoms with Crippen LogP contribution in [0.25, 0.3) is 0 Å². The van der Waals surface area contributed by atoms with Crippen molar-refractivity contribution in [2.45, 2.75) is 33.4 Å². The van der Waals surface area contributed by atoms with Gasteiger partial charge in [-0.25, -0.2) is 0 Å². The predicted molar refractivity (Wildman–Crippen MR) is 66.4 cm³/mol. The molecule has 3 N–H and O–H groups in total. The molecule has 0 radical (unpaired) electrons. The van der Waals surface area contributed by atoms with Crippen molar-refractivity contribution in [3.8, 4) is 0 Å². The van der Waals surface area contributed by atoms with Gasteiger partial charge in [0.25, 0.3) is 5.91 Å². The van der Waals surface area contributed by atoms with E-state index < -0.39 is 0 Å². The second-order valence-corrected chi connectivity index (χ2v) is 4.06. The van der Waals surface area contributed by atoms with Crippen LogP contribution in [0.3, 0.4) is 0 Å². The fourth-order valence-electron chi connectivity index (χ4n) is 1.31. The van der Waals surface area contributed by atoms with E-state index in [1.807, 2.05) is 13.8 Å². The largest absolute Gasteiger partial charge is 0.392 e. The van der Waals surface area contributed by atoms with Crippen molar-refractivity contribution in [1.29, 1.82) is 0 Å². The molecule has 0 fully saturated rings. The third-order valence-corrected chi connectivity index (χ3v) is 2.56. The number of nitrogens with one attached hydrogen (secondary N) is 1. The predicted octanol–water partition coefficient (Wildman–Crippen LogP) is 0.616. The van der Waals surface area contributed by atoms with Crippen LogP contribution < -0.4 is 11.1 Å². The second-order valence-electron chi connectivity index (χ2n) is 3.58. The lowest BCUT2D eigenvalue weighted by Crippen LogP contribution is -2.41. The molecule has 0 bridgehead atoms. The van der Waals surface area contributed by atoms with Crippen molar-refractivity contribution in [3.05, 3.63) is 17.5 Å². The summed E-state index contributed by atoms with van der Waals surface area (Å²) in [5, 5.41) is 6.91. The first-order valence-corrected chi connectivity index (χ1v) is 5.51. The Kier molecular flexibility index (Phi) is 4.00. The fraction of sp³-hybridized carbons (Fsp3) is 0.500. The van der Waals surface area contributed by atoms with Crippen LogP contribution in [-0.2, 0) is 6.54 Å². The van der Waals surface area contributed by atoms with Crippen molar-refractivity contribution in [2.75, 3.05) is 0 Å². The van der Waals surface area contributed by atoms with Crippen LogP contribution in [0.2, 0.25) is 0 Å². The number of nitrogens with zero attached hydrogens (tertiary/aromatic N) is 2. The van der Waals surface area contributed by atoms with E-state index >= 15 is 0 Å². The molecule has 88 valence electrons. The zero-order chi connectivity index (χ0) is 12.3. The maximum atomic E-state index is 11.9. The maximum Gasteiger partial charge on any atom is 0.270 e. The minimum atomic E-state index is -0.317. The third-order valence-electron chi connectivity index (χ3n) is 2.21. The van der Waals surface area contributed by atoms with Gasteiger partial charge in [-0.2, -0.15) is 5.10 Å². The second kappa shape index (κ2) is 5.07. The Hall–Kier alpha value is -1.43. The van der Waals surface area contributed by atoms with Gasteiger partial charge in [-0.3, -0.25) is 9.48 Å². The number of aryl methyl sites for hydroxylation is 2. The molecule has 6 heteroatoms. The van der Waals surface area contributed by atoms with E-state index in [2.05, 4.69) is 10.4 Å². The number of nitrogens with two attached hydrogens (primary N) is 1. The van der Waals surface area contributed by atoms with E-state index in [0.717, 1.165) is 5.69 Å². The highest BCUT2D eigenvalue weighted by atomic mass is 32.1. The van der Waals surface area contributed by atoms with Crippen molar-refractivity contribution in [1.82, 2.24) is 15.1 Å². The molecule has 0 aliphatic heterocycles. The van der Waals surface area contributed by atoms with Crippen LogP contribution in [-0.4, -0.2) is 26.7 Å². The quantitative estimate of drug-likeness (QED) is 0.757. The molecule has 0 spiro atoms. The van der Waals surface area contributed by atoms with Gasteiger partial charge in [0.15, 0.2) is 0 Å². The molecule has 0 aromatic carbocycles. The molecule has 1 amide bonds. The molecule has 1 atom stereocenters. The summed E-state index contributed by atoms with van der Waals surface area (Å²) in [5.41, 5.74) is 6.78. The molecule has 1 unspecified atom stereocenters. The summed E-state index contributed by atoms with van der Waals surface area (Å²) < 4.78 is 1.65. The normalized spacial score (nSPS) is 12.2. The Morgan fingerprint density at radius 2 is 2.38 bits per heavy atom. The van der Waals surface area contributed by atoms with Gasteiger partial charge < -0.3 is 11.1 Å². The van der Waals surface area contributed by atoms with Gasteiger partial charge in [0.1, 0.15) is 5.69 Å². The third kappa shape index (κ3) is 2.79. The molecule has 0 aliphatic rings. The average molecular weight is 240 g/mol. The molecular weight excluding hydrogens is 224 g/mol. The monoisotopic (exact) mass is 240 g/mol. The van der Waals surface area contributed by atoms with Crippen LogP contribution in [0.1, 0.15) is 30.0 Å². The van der Waals surface area contributed by atoms with E-state index in [9.17, 15) is 4.79 Å². The van der Waals surface area contributed by atoms with Gasteiger partial charge in [0, 0.05) is 6.54 Å². The number of hydrogen-bond donors (Lipinski definition) is 2. The summed E-state index contributed by atoms with van der Waals surface area (Å²) in [7, 11) is 0. The lowest BCUT2D eigenvalue weighted by Gasteiger charge is -2.12. The Labute approximate surface area is 100 Å². The van der Waals surface area contributed by atoms with Crippen molar-refractivity contribution < 1.29 is 4.79 Å². The number of carbonyl (C=O) groups is 1. The summed E-state index contributed by atoms with van der Waals surface area (Å²) in [6, 6.07) is 1.42. The summed E-state index contributed by atoms with van der Waals surface area (Å²) in [4.78, 5) is 12.1. The van der Waals surface area contributed by atoms with Gasteiger partial charge >= 0.3 is 0 Å². The van der Waals surface area contributed by atoms with Crippen LogP contribution in [0.5, 0.6) is 0 Å². The molecule has 1 heterocycles. The Balaban J connectivity index is 2.84. The molecule has 1 aromatic rings. The van der Waals surface area contributed by atoms with E-state index in [-0.39, 0.29) is 16.9 Å². The lowest BCUT2D eigenvalue weighted by atomic mass is 10.3. The molecule has 16 heavy (non-hydrogen) atoms. The van der Waals surface area contributed by atoms with Crippen molar-refractivity contribution >= 4 is 23.1 Å². The van der Waals surface area contributed by atoms with Gasteiger partial charge in [-0.15, -0.1) is 0 Å². The number of rotatable bonds is 4. The standard InChI is InChI=1S/C10H16N4OS/c1-4-14-8(5-6(2)13-14)10(15)12-7(3)9(11)16/h5,7H,4H2,1-3H3,(H2,11,16)(H,12,15). The first-order chi connectivity index (χ1) is 7.45. The number of amides is 1. The highest BCUT2D eigenvalue weighted by Crippen LogP contribution is 2.04. The summed E-state index contributed by atoms with van der Waals surface area (Å²) >= 11 is 4.79. The minimum absolute atomic E-state index is 0.206. The molecular formula is C10H16N4OS. The summed E-state index contributed by atoms with van der Waals surface area (Å²) in [5.74, 6) is -0.206. The molecule has 1 aromatic heterocycles. The molecule has 0 aliphatic carbocycles. The number of hydrogen-bond acceptors (Lipinski definition) is 3. The van der Waals surface area contributed by atoms with Gasteiger partial charge in [-0.1, -0.05) is 12.2 Å². The fourth-order valence-corrected chi connectivity index (χ4v) is 1.37. The molecule has 1 rings (SSSR count). The molecule has 0 saturated carbocycles. The minimum Gasteiger partial charge on any atom is -0.392 e. The molecule has 0 saturated heterocycles. The summed E-state index contributed by atoms with van der Waals surface area (Å²) in [6.45, 7) is 6.18. The lowest BCUT2D eigenvalue weighted by molar-refractivity contribution is 0.0938. The van der Waals surface area contributed by atoms with E-state index in [1.165, 1.54) is 0 Å². The van der Waals surface area contributed by atoms with Crippen molar-refractivity contribution in [2.24, 2.45) is 5.73 Å². The first kappa shape index (κ1) is 12.6. The Bertz CT molecular complexity index is 413. The van der Waals surface area contributed by atoms with E-state index in [4.69, 9.17) is 18.0 Å². The van der Waals surface area contributed by atoms with E-state index in [1.54, 1.807) is 17.7 Å². The first-order valence-electron chi connectivity index (χ1n) is 5.10. The van der Waals surface area contributed by atoms with Gasteiger partial charge in [-0.05, 0) is 26.8 Å². The maximum absolute atomic E-state index is 11.9. The molecule has 5 nitrogen and oxygen atoms in total. The summed E-state index contributed by atoms with van der Waals surface area (Å²) in [6.07, 6.45) is 0. The number of aromatic nitrogens is 2. The zero-order valence-corrected chi connectivity index (χ0v) is 10.5. The van der Waals surface area contributed by atoms with Gasteiger partial charge in [0.2, 0.25) is 0 Å². The Morgan fingerprint density at radius 1 is 1.75 bits per heavy atom. The van der Waals surface area contributed by atoms with Crippen molar-refractivity contribution in [3.63, 3.8) is 0 Å².